The van der Waals surface area contributed by atoms with Crippen molar-refractivity contribution in [2.45, 2.75) is 0 Å². The van der Waals surface area contributed by atoms with Crippen molar-refractivity contribution in [3.05, 3.63) is 145 Å². The van der Waals surface area contributed by atoms with Gasteiger partial charge >= 0.3 is 0 Å². The molecule has 4 heteroatoms. The molecule has 0 fully saturated rings. The first kappa shape index (κ1) is 23.5. The van der Waals surface area contributed by atoms with E-state index in [2.05, 4.69) is 29.1 Å². The topological polar surface area (TPSA) is 43.0 Å². The minimum Gasteiger partial charge on any atom is -0.257 e. The van der Waals surface area contributed by atoms with Gasteiger partial charge in [-0.25, -0.2) is 14.8 Å². The number of benzene rings is 5. The number of hydrogen-bond donors (Lipinski definition) is 0. The lowest BCUT2D eigenvalue weighted by molar-refractivity contribution is 1.23. The Hall–Kier alpha value is -5.66. The average molecular weight is 511 g/mol. The zero-order valence-electron chi connectivity index (χ0n) is 21.5. The van der Waals surface area contributed by atoms with Gasteiger partial charge in [-0.3, -0.25) is 4.98 Å². The van der Waals surface area contributed by atoms with Gasteiger partial charge in [0.25, 0.3) is 0 Å². The van der Waals surface area contributed by atoms with Crippen LogP contribution in [0, 0.1) is 6.57 Å². The van der Waals surface area contributed by atoms with Crippen LogP contribution < -0.4 is 0 Å². The van der Waals surface area contributed by atoms with Crippen molar-refractivity contribution in [3.8, 4) is 45.0 Å². The van der Waals surface area contributed by atoms with E-state index >= 15 is 0 Å². The Labute approximate surface area is 232 Å². The van der Waals surface area contributed by atoms with Crippen molar-refractivity contribution in [2.24, 2.45) is 0 Å². The van der Waals surface area contributed by atoms with Crippen molar-refractivity contribution in [1.82, 2.24) is 15.0 Å². The molecule has 0 aliphatic rings. The van der Waals surface area contributed by atoms with Crippen LogP contribution >= 0.6 is 0 Å². The Morgan fingerprint density at radius 2 is 0.900 bits per heavy atom. The van der Waals surface area contributed by atoms with Gasteiger partial charge in [0.05, 0.1) is 23.5 Å². The molecule has 0 bridgehead atoms. The summed E-state index contributed by atoms with van der Waals surface area (Å²) in [5.41, 5.74) is 8.21. The third-order valence-corrected chi connectivity index (χ3v) is 7.10. The highest BCUT2D eigenvalue weighted by molar-refractivity contribution is 6.15. The van der Waals surface area contributed by atoms with Crippen molar-refractivity contribution in [3.63, 3.8) is 0 Å². The van der Waals surface area contributed by atoms with E-state index in [4.69, 9.17) is 21.5 Å². The summed E-state index contributed by atoms with van der Waals surface area (Å²) in [5, 5.41) is 1.81. The smallest absolute Gasteiger partial charge is 0.221 e. The van der Waals surface area contributed by atoms with Gasteiger partial charge in [-0.1, -0.05) is 127 Å². The summed E-state index contributed by atoms with van der Waals surface area (Å²) >= 11 is 0. The van der Waals surface area contributed by atoms with Gasteiger partial charge < -0.3 is 0 Å². The number of pyridine rings is 1. The Balaban J connectivity index is 1.67. The summed E-state index contributed by atoms with van der Waals surface area (Å²) in [6.45, 7) is 8.21. The van der Waals surface area contributed by atoms with Crippen molar-refractivity contribution in [1.29, 1.82) is 0 Å². The largest absolute Gasteiger partial charge is 0.257 e. The van der Waals surface area contributed by atoms with Gasteiger partial charge in [0.1, 0.15) is 5.52 Å². The SMILES string of the molecule is [C-]#[N+]c1c(-c2ccccc2)nc2c(ccc3c(-c4ccccc4)nc(-c4ccccc4)nc32)c1-c1ccccc1. The fourth-order valence-corrected chi connectivity index (χ4v) is 5.24. The van der Waals surface area contributed by atoms with Gasteiger partial charge in [-0.15, -0.1) is 0 Å². The van der Waals surface area contributed by atoms with Crippen molar-refractivity contribution in [2.75, 3.05) is 0 Å². The second kappa shape index (κ2) is 9.90. The predicted octanol–water partition coefficient (Wildman–Crippen LogP) is 9.40. The molecule has 0 unspecified atom stereocenters. The molecule has 0 amide bonds. The predicted molar refractivity (Wildman–Crippen MR) is 163 cm³/mol. The monoisotopic (exact) mass is 510 g/mol. The summed E-state index contributed by atoms with van der Waals surface area (Å²) in [6.07, 6.45) is 0. The van der Waals surface area contributed by atoms with Gasteiger partial charge in [-0.2, -0.15) is 0 Å². The average Bonchev–Trinajstić information content (AvgIpc) is 3.04. The zero-order chi connectivity index (χ0) is 26.9. The van der Waals surface area contributed by atoms with Crippen LogP contribution in [0.1, 0.15) is 0 Å². The summed E-state index contributed by atoms with van der Waals surface area (Å²) < 4.78 is 0. The Bertz CT molecular complexity index is 2030. The molecule has 0 N–H and O–H groups in total. The maximum absolute atomic E-state index is 8.21. The zero-order valence-corrected chi connectivity index (χ0v) is 21.5. The molecule has 0 atom stereocenters. The van der Waals surface area contributed by atoms with Gasteiger partial charge in [0, 0.05) is 16.5 Å². The molecule has 186 valence electrons. The van der Waals surface area contributed by atoms with Crippen molar-refractivity contribution >= 4 is 27.5 Å². The second-order valence-corrected chi connectivity index (χ2v) is 9.51. The normalized spacial score (nSPS) is 11.0. The Morgan fingerprint density at radius 3 is 1.48 bits per heavy atom. The van der Waals surface area contributed by atoms with Crippen LogP contribution in [0.3, 0.4) is 0 Å². The standard InChI is InChI=1S/C36H22N4/c1-37-35-30(24-14-6-2-7-15-24)28-22-23-29-31(25-16-8-3-9-17-25)39-36(27-20-12-5-13-21-27)40-34(29)33(28)38-32(35)26-18-10-4-11-19-26/h2-23H. The lowest BCUT2D eigenvalue weighted by Crippen LogP contribution is -1.98. The minimum absolute atomic E-state index is 0.532. The second-order valence-electron chi connectivity index (χ2n) is 9.51. The number of rotatable bonds is 4. The van der Waals surface area contributed by atoms with Crippen LogP contribution in [-0.2, 0) is 0 Å². The lowest BCUT2D eigenvalue weighted by Gasteiger charge is -2.16. The summed E-state index contributed by atoms with van der Waals surface area (Å²) in [6, 6.07) is 44.4. The molecule has 0 saturated carbocycles. The van der Waals surface area contributed by atoms with E-state index in [9.17, 15) is 0 Å². The molecule has 4 nitrogen and oxygen atoms in total. The molecule has 40 heavy (non-hydrogen) atoms. The van der Waals surface area contributed by atoms with Crippen LogP contribution in [0.25, 0.3) is 71.7 Å². The van der Waals surface area contributed by atoms with Crippen LogP contribution in [0.4, 0.5) is 5.69 Å². The molecule has 0 aliphatic heterocycles. The molecule has 7 aromatic rings. The fraction of sp³-hybridized carbons (Fsp3) is 0. The van der Waals surface area contributed by atoms with E-state index < -0.39 is 0 Å². The molecule has 0 radical (unpaired) electrons. The van der Waals surface area contributed by atoms with Crippen molar-refractivity contribution < 1.29 is 0 Å². The van der Waals surface area contributed by atoms with Crippen LogP contribution in [-0.4, -0.2) is 15.0 Å². The molecule has 2 heterocycles. The molecular formula is C36H22N4. The van der Waals surface area contributed by atoms with E-state index in [0.717, 1.165) is 55.3 Å². The highest BCUT2D eigenvalue weighted by Gasteiger charge is 2.22. The number of fused-ring (bicyclic) bond motifs is 3. The number of aromatic nitrogens is 3. The Kier molecular flexibility index (Phi) is 5.81. The first-order valence-electron chi connectivity index (χ1n) is 13.1. The van der Waals surface area contributed by atoms with Crippen LogP contribution in [0.2, 0.25) is 0 Å². The molecule has 7 rings (SSSR count). The summed E-state index contributed by atoms with van der Waals surface area (Å²) in [5.74, 6) is 0.637. The fourth-order valence-electron chi connectivity index (χ4n) is 5.24. The highest BCUT2D eigenvalue weighted by Crippen LogP contribution is 2.45. The summed E-state index contributed by atoms with van der Waals surface area (Å²) in [7, 11) is 0. The molecule has 2 aromatic heterocycles. The first-order chi connectivity index (χ1) is 19.8. The highest BCUT2D eigenvalue weighted by atomic mass is 14.9. The molecule has 0 spiro atoms. The summed E-state index contributed by atoms with van der Waals surface area (Å²) in [4.78, 5) is 19.4. The van der Waals surface area contributed by atoms with E-state index in [-0.39, 0.29) is 0 Å². The molecule has 5 aromatic carbocycles. The molecular weight excluding hydrogens is 488 g/mol. The molecule has 0 saturated heterocycles. The maximum atomic E-state index is 8.21. The van der Waals surface area contributed by atoms with E-state index in [0.29, 0.717) is 17.2 Å². The van der Waals surface area contributed by atoms with Gasteiger partial charge in [0.2, 0.25) is 5.69 Å². The number of hydrogen-bond acceptors (Lipinski definition) is 3. The number of nitrogens with zero attached hydrogens (tertiary/aromatic N) is 4. The van der Waals surface area contributed by atoms with E-state index in [1.54, 1.807) is 0 Å². The third-order valence-electron chi connectivity index (χ3n) is 7.10. The van der Waals surface area contributed by atoms with Crippen LogP contribution in [0.15, 0.2) is 133 Å². The van der Waals surface area contributed by atoms with Gasteiger partial charge in [-0.05, 0) is 28.1 Å². The van der Waals surface area contributed by atoms with E-state index in [1.807, 2.05) is 109 Å². The Morgan fingerprint density at radius 1 is 0.425 bits per heavy atom. The lowest BCUT2D eigenvalue weighted by atomic mass is 9.94. The van der Waals surface area contributed by atoms with E-state index in [1.165, 1.54) is 0 Å². The minimum atomic E-state index is 0.532. The first-order valence-corrected chi connectivity index (χ1v) is 13.1. The van der Waals surface area contributed by atoms with Crippen LogP contribution in [0.5, 0.6) is 0 Å². The maximum Gasteiger partial charge on any atom is 0.221 e. The molecule has 0 aliphatic carbocycles. The third kappa shape index (κ3) is 3.98. The quantitative estimate of drug-likeness (QED) is 0.175. The van der Waals surface area contributed by atoms with Gasteiger partial charge in [0.15, 0.2) is 5.82 Å².